The van der Waals surface area contributed by atoms with Crippen LogP contribution >= 0.6 is 11.6 Å². The Bertz CT molecular complexity index is 598. The van der Waals surface area contributed by atoms with E-state index in [4.69, 9.17) is 16.1 Å². The molecule has 6 nitrogen and oxygen atoms in total. The lowest BCUT2D eigenvalue weighted by molar-refractivity contribution is 0.380. The third kappa shape index (κ3) is 3.02. The van der Waals surface area contributed by atoms with E-state index in [0.29, 0.717) is 5.76 Å². The van der Waals surface area contributed by atoms with Crippen LogP contribution in [0.5, 0.6) is 0 Å². The van der Waals surface area contributed by atoms with Crippen LogP contribution in [0.15, 0.2) is 40.0 Å². The van der Waals surface area contributed by atoms with Gasteiger partial charge in [0.2, 0.25) is 10.0 Å². The van der Waals surface area contributed by atoms with E-state index in [-0.39, 0.29) is 16.6 Å². The van der Waals surface area contributed by atoms with Gasteiger partial charge in [0.05, 0.1) is 17.6 Å². The molecule has 2 heterocycles. The van der Waals surface area contributed by atoms with E-state index in [1.54, 1.807) is 6.07 Å². The average molecular weight is 274 g/mol. The van der Waals surface area contributed by atoms with Gasteiger partial charge in [-0.15, -0.1) is 0 Å². The number of hydrogen-bond donors (Lipinski definition) is 1. The third-order valence-corrected chi connectivity index (χ3v) is 3.54. The molecule has 17 heavy (non-hydrogen) atoms. The molecule has 0 saturated heterocycles. The fourth-order valence-corrected chi connectivity index (χ4v) is 2.38. The Labute approximate surface area is 103 Å². The highest BCUT2D eigenvalue weighted by Gasteiger charge is 2.14. The minimum Gasteiger partial charge on any atom is -0.360 e. The van der Waals surface area contributed by atoms with Gasteiger partial charge in [-0.1, -0.05) is 16.8 Å². The fraction of sp³-hybridized carbons (Fsp3) is 0.111. The van der Waals surface area contributed by atoms with Crippen LogP contribution in [0.3, 0.4) is 0 Å². The fourth-order valence-electron chi connectivity index (χ4n) is 1.13. The zero-order chi connectivity index (χ0) is 12.3. The van der Waals surface area contributed by atoms with E-state index >= 15 is 0 Å². The molecule has 0 aromatic carbocycles. The summed E-state index contributed by atoms with van der Waals surface area (Å²) in [5.41, 5.74) is 0. The summed E-state index contributed by atoms with van der Waals surface area (Å²) in [6.07, 6.45) is 2.76. The molecular formula is C9H8ClN3O3S. The highest BCUT2D eigenvalue weighted by atomic mass is 35.5. The Balaban J connectivity index is 2.14. The normalized spacial score (nSPS) is 11.6. The van der Waals surface area contributed by atoms with Crippen LogP contribution < -0.4 is 4.72 Å². The number of nitrogens with zero attached hydrogens (tertiary/aromatic N) is 2. The summed E-state index contributed by atoms with van der Waals surface area (Å²) in [6.45, 7) is 0.0300. The Hall–Kier alpha value is -1.44. The minimum atomic E-state index is -3.62. The molecule has 0 aliphatic carbocycles. The lowest BCUT2D eigenvalue weighted by atomic mass is 10.5. The van der Waals surface area contributed by atoms with Crippen molar-refractivity contribution in [2.45, 2.75) is 11.4 Å². The summed E-state index contributed by atoms with van der Waals surface area (Å²) in [4.78, 5) is 3.76. The number of hydrogen-bond acceptors (Lipinski definition) is 5. The molecule has 2 aromatic heterocycles. The van der Waals surface area contributed by atoms with Crippen LogP contribution in [0.1, 0.15) is 5.76 Å². The zero-order valence-corrected chi connectivity index (χ0v) is 10.1. The van der Waals surface area contributed by atoms with Crippen LogP contribution in [0, 0.1) is 0 Å². The van der Waals surface area contributed by atoms with Gasteiger partial charge >= 0.3 is 0 Å². The van der Waals surface area contributed by atoms with E-state index in [9.17, 15) is 8.42 Å². The van der Waals surface area contributed by atoms with E-state index < -0.39 is 10.0 Å². The van der Waals surface area contributed by atoms with Gasteiger partial charge in [0.15, 0.2) is 5.76 Å². The Kier molecular flexibility index (Phi) is 3.41. The molecule has 0 atom stereocenters. The maximum atomic E-state index is 11.8. The monoisotopic (exact) mass is 273 g/mol. The molecule has 0 unspecified atom stereocenters. The van der Waals surface area contributed by atoms with Crippen molar-refractivity contribution in [1.29, 1.82) is 0 Å². The summed E-state index contributed by atoms with van der Waals surface area (Å²) in [5, 5.41) is 3.59. The lowest BCUT2D eigenvalue weighted by Gasteiger charge is -2.04. The predicted molar refractivity (Wildman–Crippen MR) is 59.8 cm³/mol. The van der Waals surface area contributed by atoms with Crippen LogP contribution in [-0.2, 0) is 16.6 Å². The summed E-state index contributed by atoms with van der Waals surface area (Å²) in [5.74, 6) is 0.425. The van der Waals surface area contributed by atoms with Gasteiger partial charge in [0.1, 0.15) is 5.15 Å². The van der Waals surface area contributed by atoms with Crippen LogP contribution in [0.4, 0.5) is 0 Å². The molecule has 0 radical (unpaired) electrons. The molecule has 2 aromatic rings. The Morgan fingerprint density at radius 3 is 2.82 bits per heavy atom. The molecule has 0 fully saturated rings. The van der Waals surface area contributed by atoms with Gasteiger partial charge in [0.25, 0.3) is 0 Å². The van der Waals surface area contributed by atoms with Crippen LogP contribution in [-0.4, -0.2) is 18.6 Å². The quantitative estimate of drug-likeness (QED) is 0.846. The maximum absolute atomic E-state index is 11.8. The van der Waals surface area contributed by atoms with E-state index in [0.717, 1.165) is 0 Å². The summed E-state index contributed by atoms with van der Waals surface area (Å²) in [6, 6.07) is 4.20. The van der Waals surface area contributed by atoms with Gasteiger partial charge < -0.3 is 4.52 Å². The second kappa shape index (κ2) is 4.82. The topological polar surface area (TPSA) is 85.1 Å². The van der Waals surface area contributed by atoms with Gasteiger partial charge in [0, 0.05) is 12.3 Å². The number of nitrogens with one attached hydrogen (secondary N) is 1. The maximum Gasteiger partial charge on any atom is 0.241 e. The van der Waals surface area contributed by atoms with Gasteiger partial charge in [-0.2, -0.15) is 0 Å². The van der Waals surface area contributed by atoms with Crippen molar-refractivity contribution in [1.82, 2.24) is 14.9 Å². The average Bonchev–Trinajstić information content (AvgIpc) is 2.79. The minimum absolute atomic E-state index is 0.0300. The standard InChI is InChI=1S/C9H8ClN3O3S/c10-9-5-8(2-3-11-9)17(14,15)13-6-7-1-4-12-16-7/h1-5,13H,6H2. The second-order valence-corrected chi connectivity index (χ2v) is 5.27. The van der Waals surface area contributed by atoms with E-state index in [2.05, 4.69) is 14.9 Å². The molecule has 0 saturated carbocycles. The van der Waals surface area contributed by atoms with Crippen molar-refractivity contribution in [2.24, 2.45) is 0 Å². The molecule has 0 spiro atoms. The Morgan fingerprint density at radius 2 is 2.18 bits per heavy atom. The molecule has 0 aliphatic heterocycles. The summed E-state index contributed by atoms with van der Waals surface area (Å²) in [7, 11) is -3.62. The van der Waals surface area contributed by atoms with Gasteiger partial charge in [-0.05, 0) is 12.1 Å². The lowest BCUT2D eigenvalue weighted by Crippen LogP contribution is -2.23. The van der Waals surface area contributed by atoms with Crippen molar-refractivity contribution in [2.75, 3.05) is 0 Å². The number of sulfonamides is 1. The smallest absolute Gasteiger partial charge is 0.241 e. The highest BCUT2D eigenvalue weighted by Crippen LogP contribution is 2.13. The van der Waals surface area contributed by atoms with E-state index in [1.807, 2.05) is 0 Å². The first-order valence-electron chi connectivity index (χ1n) is 4.59. The van der Waals surface area contributed by atoms with Crippen LogP contribution in [0.25, 0.3) is 0 Å². The van der Waals surface area contributed by atoms with Crippen molar-refractivity contribution < 1.29 is 12.9 Å². The number of halogens is 1. The highest BCUT2D eigenvalue weighted by molar-refractivity contribution is 7.89. The molecule has 1 N–H and O–H groups in total. The number of rotatable bonds is 4. The summed E-state index contributed by atoms with van der Waals surface area (Å²) < 4.78 is 30.8. The molecular weight excluding hydrogens is 266 g/mol. The first-order chi connectivity index (χ1) is 8.08. The third-order valence-electron chi connectivity index (χ3n) is 1.94. The predicted octanol–water partition coefficient (Wildman–Crippen LogP) is 1.20. The van der Waals surface area contributed by atoms with Crippen molar-refractivity contribution >= 4 is 21.6 Å². The number of pyridine rings is 1. The summed E-state index contributed by atoms with van der Waals surface area (Å²) >= 11 is 5.62. The van der Waals surface area contributed by atoms with E-state index in [1.165, 1.54) is 24.5 Å². The van der Waals surface area contributed by atoms with Crippen molar-refractivity contribution in [3.05, 3.63) is 41.5 Å². The zero-order valence-electron chi connectivity index (χ0n) is 8.50. The molecule has 90 valence electrons. The van der Waals surface area contributed by atoms with Gasteiger partial charge in [-0.3, -0.25) is 0 Å². The molecule has 8 heteroatoms. The first kappa shape index (κ1) is 12.0. The van der Waals surface area contributed by atoms with Gasteiger partial charge in [-0.25, -0.2) is 18.1 Å². The largest absolute Gasteiger partial charge is 0.360 e. The molecule has 0 aliphatic rings. The Morgan fingerprint density at radius 1 is 1.35 bits per heavy atom. The SMILES string of the molecule is O=S(=O)(NCc1ccno1)c1ccnc(Cl)c1. The molecule has 2 rings (SSSR count). The molecule has 0 bridgehead atoms. The molecule has 0 amide bonds. The van der Waals surface area contributed by atoms with Crippen molar-refractivity contribution in [3.63, 3.8) is 0 Å². The first-order valence-corrected chi connectivity index (χ1v) is 6.45. The van der Waals surface area contributed by atoms with Crippen molar-refractivity contribution in [3.8, 4) is 0 Å². The second-order valence-electron chi connectivity index (χ2n) is 3.12. The van der Waals surface area contributed by atoms with Crippen LogP contribution in [0.2, 0.25) is 5.15 Å². The number of aromatic nitrogens is 2.